The van der Waals surface area contributed by atoms with E-state index in [2.05, 4.69) is 10.3 Å². The molecule has 0 spiro atoms. The minimum absolute atomic E-state index is 0.131. The van der Waals surface area contributed by atoms with Gasteiger partial charge < -0.3 is 15.2 Å². The summed E-state index contributed by atoms with van der Waals surface area (Å²) in [7, 11) is 1.56. The molecule has 5 nitrogen and oxygen atoms in total. The highest BCUT2D eigenvalue weighted by Crippen LogP contribution is 2.32. The molecule has 1 amide bonds. The summed E-state index contributed by atoms with van der Waals surface area (Å²) in [4.78, 5) is 16.0. The van der Waals surface area contributed by atoms with Gasteiger partial charge in [0.25, 0.3) is 0 Å². The molecule has 1 aliphatic carbocycles. The highest BCUT2D eigenvalue weighted by Gasteiger charge is 2.33. The fraction of sp³-hybridized carbons (Fsp3) is 0.571. The number of carbonyl (C=O) groups excluding carboxylic acids is 1. The Balaban J connectivity index is 1.82. The van der Waals surface area contributed by atoms with Crippen molar-refractivity contribution in [2.75, 3.05) is 7.11 Å². The molecule has 0 bridgehead atoms. The average Bonchev–Trinajstić information content (AvgIpc) is 2.83. The summed E-state index contributed by atoms with van der Waals surface area (Å²) in [5.74, 6) is 0.398. The lowest BCUT2D eigenvalue weighted by Crippen LogP contribution is -2.34. The summed E-state index contributed by atoms with van der Waals surface area (Å²) >= 11 is 0. The summed E-state index contributed by atoms with van der Waals surface area (Å²) < 4.78 is 5.02. The maximum atomic E-state index is 11.8. The van der Waals surface area contributed by atoms with Gasteiger partial charge in [-0.2, -0.15) is 0 Å². The van der Waals surface area contributed by atoms with Gasteiger partial charge in [-0.25, -0.2) is 4.98 Å². The van der Waals surface area contributed by atoms with Crippen LogP contribution in [0.2, 0.25) is 0 Å². The molecule has 1 aliphatic rings. The van der Waals surface area contributed by atoms with Gasteiger partial charge in [0, 0.05) is 6.07 Å². The first kappa shape index (κ1) is 13.8. The quantitative estimate of drug-likeness (QED) is 0.843. The van der Waals surface area contributed by atoms with Crippen molar-refractivity contribution in [2.24, 2.45) is 0 Å². The standard InChI is InChI=1S/C14H20N2O3/c1-19-13-6-4-5-11(16-13)10-15-12(17)9-14(18)7-2-3-8-14/h4-6,18H,2-3,7-10H2,1H3,(H,15,17). The van der Waals surface area contributed by atoms with E-state index < -0.39 is 5.60 Å². The molecule has 1 saturated carbocycles. The van der Waals surface area contributed by atoms with E-state index in [1.54, 1.807) is 13.2 Å². The van der Waals surface area contributed by atoms with E-state index in [0.717, 1.165) is 31.4 Å². The number of pyridine rings is 1. The van der Waals surface area contributed by atoms with Crippen LogP contribution in [0.1, 0.15) is 37.8 Å². The van der Waals surface area contributed by atoms with E-state index in [1.807, 2.05) is 12.1 Å². The molecule has 0 aromatic carbocycles. The molecule has 2 rings (SSSR count). The Morgan fingerprint density at radius 1 is 1.47 bits per heavy atom. The molecule has 1 heterocycles. The Hall–Kier alpha value is -1.62. The van der Waals surface area contributed by atoms with Crippen LogP contribution in [-0.2, 0) is 11.3 Å². The van der Waals surface area contributed by atoms with E-state index in [1.165, 1.54) is 0 Å². The minimum Gasteiger partial charge on any atom is -0.481 e. The number of nitrogens with zero attached hydrogens (tertiary/aromatic N) is 1. The fourth-order valence-corrected chi connectivity index (χ4v) is 2.43. The zero-order valence-electron chi connectivity index (χ0n) is 11.2. The largest absolute Gasteiger partial charge is 0.481 e. The normalized spacial score (nSPS) is 17.2. The number of nitrogens with one attached hydrogen (secondary N) is 1. The molecule has 104 valence electrons. The maximum Gasteiger partial charge on any atom is 0.223 e. The molecular weight excluding hydrogens is 244 g/mol. The second-order valence-electron chi connectivity index (χ2n) is 5.06. The average molecular weight is 264 g/mol. The number of carbonyl (C=O) groups is 1. The van der Waals surface area contributed by atoms with Crippen LogP contribution in [0.25, 0.3) is 0 Å². The van der Waals surface area contributed by atoms with Crippen LogP contribution >= 0.6 is 0 Å². The smallest absolute Gasteiger partial charge is 0.223 e. The van der Waals surface area contributed by atoms with Crippen LogP contribution < -0.4 is 10.1 Å². The van der Waals surface area contributed by atoms with Crippen LogP contribution in [0.3, 0.4) is 0 Å². The van der Waals surface area contributed by atoms with Gasteiger partial charge in [0.05, 0.1) is 31.4 Å². The predicted octanol–water partition coefficient (Wildman–Crippen LogP) is 1.40. The van der Waals surface area contributed by atoms with Crippen molar-refractivity contribution in [1.82, 2.24) is 10.3 Å². The van der Waals surface area contributed by atoms with E-state index in [4.69, 9.17) is 4.74 Å². The molecule has 19 heavy (non-hydrogen) atoms. The summed E-state index contributed by atoms with van der Waals surface area (Å²) in [6.45, 7) is 0.353. The molecule has 2 N–H and O–H groups in total. The molecule has 0 atom stereocenters. The maximum absolute atomic E-state index is 11.8. The van der Waals surface area contributed by atoms with Gasteiger partial charge in [-0.05, 0) is 18.9 Å². The zero-order chi connectivity index (χ0) is 13.7. The SMILES string of the molecule is COc1cccc(CNC(=O)CC2(O)CCCC2)n1. The highest BCUT2D eigenvalue weighted by molar-refractivity contribution is 5.77. The van der Waals surface area contributed by atoms with Crippen LogP contribution in [0.15, 0.2) is 18.2 Å². The number of amides is 1. The van der Waals surface area contributed by atoms with Crippen LogP contribution in [-0.4, -0.2) is 28.7 Å². The molecule has 1 aromatic heterocycles. The van der Waals surface area contributed by atoms with E-state index in [9.17, 15) is 9.90 Å². The van der Waals surface area contributed by atoms with Gasteiger partial charge >= 0.3 is 0 Å². The topological polar surface area (TPSA) is 71.5 Å². The molecule has 0 radical (unpaired) electrons. The van der Waals surface area contributed by atoms with Crippen molar-refractivity contribution in [3.8, 4) is 5.88 Å². The van der Waals surface area contributed by atoms with Crippen molar-refractivity contribution < 1.29 is 14.6 Å². The van der Waals surface area contributed by atoms with E-state index in [-0.39, 0.29) is 12.3 Å². The number of hydrogen-bond donors (Lipinski definition) is 2. The van der Waals surface area contributed by atoms with E-state index >= 15 is 0 Å². The van der Waals surface area contributed by atoms with Gasteiger partial charge in [-0.3, -0.25) is 4.79 Å². The zero-order valence-corrected chi connectivity index (χ0v) is 11.2. The lowest BCUT2D eigenvalue weighted by atomic mass is 9.98. The Labute approximate surface area is 113 Å². The lowest BCUT2D eigenvalue weighted by Gasteiger charge is -2.21. The molecular formula is C14H20N2O3. The minimum atomic E-state index is -0.800. The van der Waals surface area contributed by atoms with Gasteiger partial charge in [0.15, 0.2) is 0 Å². The second kappa shape index (κ2) is 6.02. The van der Waals surface area contributed by atoms with Crippen molar-refractivity contribution >= 4 is 5.91 Å². The number of ether oxygens (including phenoxy) is 1. The summed E-state index contributed by atoms with van der Waals surface area (Å²) in [5.41, 5.74) is -0.0579. The van der Waals surface area contributed by atoms with Gasteiger partial charge in [-0.15, -0.1) is 0 Å². The summed E-state index contributed by atoms with van der Waals surface area (Å²) in [6, 6.07) is 5.41. The van der Waals surface area contributed by atoms with E-state index in [0.29, 0.717) is 12.4 Å². The Kier molecular flexibility index (Phi) is 4.37. The van der Waals surface area contributed by atoms with Gasteiger partial charge in [0.2, 0.25) is 11.8 Å². The molecule has 5 heteroatoms. The van der Waals surface area contributed by atoms with Crippen molar-refractivity contribution in [1.29, 1.82) is 0 Å². The first-order valence-corrected chi connectivity index (χ1v) is 6.60. The third-order valence-corrected chi connectivity index (χ3v) is 3.48. The van der Waals surface area contributed by atoms with Crippen LogP contribution in [0, 0.1) is 0 Å². The Morgan fingerprint density at radius 3 is 2.89 bits per heavy atom. The summed E-state index contributed by atoms with van der Waals surface area (Å²) in [5, 5.41) is 12.9. The monoisotopic (exact) mass is 264 g/mol. The number of aromatic nitrogens is 1. The van der Waals surface area contributed by atoms with Crippen molar-refractivity contribution in [3.05, 3.63) is 23.9 Å². The van der Waals surface area contributed by atoms with Gasteiger partial charge in [0.1, 0.15) is 0 Å². The molecule has 1 aromatic rings. The first-order chi connectivity index (χ1) is 9.11. The summed E-state index contributed by atoms with van der Waals surface area (Å²) in [6.07, 6.45) is 3.62. The van der Waals surface area contributed by atoms with Crippen LogP contribution in [0.5, 0.6) is 5.88 Å². The van der Waals surface area contributed by atoms with Crippen LogP contribution in [0.4, 0.5) is 0 Å². The van der Waals surface area contributed by atoms with Gasteiger partial charge in [-0.1, -0.05) is 18.9 Å². The third kappa shape index (κ3) is 3.92. The lowest BCUT2D eigenvalue weighted by molar-refractivity contribution is -0.126. The number of aliphatic hydroxyl groups is 1. The molecule has 0 saturated heterocycles. The molecule has 0 unspecified atom stereocenters. The fourth-order valence-electron chi connectivity index (χ4n) is 2.43. The second-order valence-corrected chi connectivity index (χ2v) is 5.06. The number of hydrogen-bond acceptors (Lipinski definition) is 4. The Bertz CT molecular complexity index is 442. The van der Waals surface area contributed by atoms with Crippen molar-refractivity contribution in [3.63, 3.8) is 0 Å². The van der Waals surface area contributed by atoms with Crippen molar-refractivity contribution in [2.45, 2.75) is 44.2 Å². The molecule has 1 fully saturated rings. The third-order valence-electron chi connectivity index (χ3n) is 3.48. The number of methoxy groups -OCH3 is 1. The number of rotatable bonds is 5. The molecule has 0 aliphatic heterocycles. The Morgan fingerprint density at radius 2 is 2.21 bits per heavy atom. The predicted molar refractivity (Wildman–Crippen MR) is 70.7 cm³/mol. The highest BCUT2D eigenvalue weighted by atomic mass is 16.5. The first-order valence-electron chi connectivity index (χ1n) is 6.60.